The molecule has 0 saturated carbocycles. The van der Waals surface area contributed by atoms with Crippen molar-refractivity contribution < 1.29 is 4.42 Å². The highest BCUT2D eigenvalue weighted by molar-refractivity contribution is 7.09. The van der Waals surface area contributed by atoms with Gasteiger partial charge in [0.15, 0.2) is 0 Å². The Hall–Kier alpha value is -1.69. The highest BCUT2D eigenvalue weighted by Gasteiger charge is 2.16. The summed E-state index contributed by atoms with van der Waals surface area (Å²) in [5.41, 5.74) is 6.65. The van der Waals surface area contributed by atoms with Crippen molar-refractivity contribution in [3.8, 4) is 0 Å². The fourth-order valence-corrected chi connectivity index (χ4v) is 2.71. The molecule has 0 saturated heterocycles. The predicted molar refractivity (Wildman–Crippen MR) is 72.1 cm³/mol. The van der Waals surface area contributed by atoms with Crippen molar-refractivity contribution in [2.24, 2.45) is 5.84 Å². The average molecular weight is 259 g/mol. The number of aromatic nitrogens is 1. The van der Waals surface area contributed by atoms with E-state index in [-0.39, 0.29) is 6.04 Å². The molecule has 0 amide bonds. The van der Waals surface area contributed by atoms with Crippen LogP contribution in [0.25, 0.3) is 11.0 Å². The van der Waals surface area contributed by atoms with E-state index in [2.05, 4.69) is 10.4 Å². The number of hydrogen-bond acceptors (Lipinski definition) is 5. The second kappa shape index (κ2) is 4.89. The molecule has 18 heavy (non-hydrogen) atoms. The van der Waals surface area contributed by atoms with E-state index in [4.69, 9.17) is 10.3 Å². The number of nitrogens with zero attached hydrogens (tertiary/aromatic N) is 1. The van der Waals surface area contributed by atoms with Gasteiger partial charge < -0.3 is 4.42 Å². The van der Waals surface area contributed by atoms with Crippen molar-refractivity contribution in [1.29, 1.82) is 0 Å². The van der Waals surface area contributed by atoms with Crippen LogP contribution in [0.2, 0.25) is 0 Å². The van der Waals surface area contributed by atoms with Crippen molar-refractivity contribution in [3.63, 3.8) is 0 Å². The number of rotatable bonds is 4. The van der Waals surface area contributed by atoms with Crippen molar-refractivity contribution in [2.45, 2.75) is 12.5 Å². The van der Waals surface area contributed by atoms with Gasteiger partial charge in [-0.1, -0.05) is 18.2 Å². The van der Waals surface area contributed by atoms with Gasteiger partial charge in [0.2, 0.25) is 0 Å². The molecule has 5 heteroatoms. The number of fused-ring (bicyclic) bond motifs is 1. The van der Waals surface area contributed by atoms with Gasteiger partial charge in [-0.3, -0.25) is 16.3 Å². The molecule has 92 valence electrons. The zero-order valence-electron chi connectivity index (χ0n) is 9.67. The summed E-state index contributed by atoms with van der Waals surface area (Å²) in [6.07, 6.45) is 4.46. The SMILES string of the molecule is NNC(Cc1cncs1)c1coc2ccccc12. The molecule has 3 rings (SSSR count). The van der Waals surface area contributed by atoms with E-state index < -0.39 is 0 Å². The Morgan fingerprint density at radius 2 is 2.28 bits per heavy atom. The first kappa shape index (κ1) is 11.4. The summed E-state index contributed by atoms with van der Waals surface area (Å²) in [5, 5.41) is 1.10. The third-order valence-corrected chi connectivity index (χ3v) is 3.78. The fraction of sp³-hybridized carbons (Fsp3) is 0.154. The molecule has 0 fully saturated rings. The van der Waals surface area contributed by atoms with Crippen LogP contribution < -0.4 is 11.3 Å². The molecular weight excluding hydrogens is 246 g/mol. The molecule has 2 heterocycles. The summed E-state index contributed by atoms with van der Waals surface area (Å²) in [5.74, 6) is 5.66. The molecule has 3 N–H and O–H groups in total. The van der Waals surface area contributed by atoms with Gasteiger partial charge in [-0.25, -0.2) is 0 Å². The molecule has 0 spiro atoms. The summed E-state index contributed by atoms with van der Waals surface area (Å²) in [7, 11) is 0. The van der Waals surface area contributed by atoms with Gasteiger partial charge in [-0.15, -0.1) is 11.3 Å². The zero-order chi connectivity index (χ0) is 12.4. The first-order valence-electron chi connectivity index (χ1n) is 5.68. The van der Waals surface area contributed by atoms with E-state index in [1.165, 1.54) is 4.88 Å². The molecule has 3 aromatic rings. The molecule has 0 radical (unpaired) electrons. The Kier molecular flexibility index (Phi) is 3.10. The third kappa shape index (κ3) is 2.03. The lowest BCUT2D eigenvalue weighted by Gasteiger charge is -2.13. The minimum absolute atomic E-state index is 0.0362. The van der Waals surface area contributed by atoms with Gasteiger partial charge in [-0.2, -0.15) is 0 Å². The third-order valence-electron chi connectivity index (χ3n) is 2.98. The van der Waals surface area contributed by atoms with Crippen LogP contribution in [-0.4, -0.2) is 4.98 Å². The smallest absolute Gasteiger partial charge is 0.134 e. The lowest BCUT2D eigenvalue weighted by atomic mass is 10.0. The lowest BCUT2D eigenvalue weighted by molar-refractivity contribution is 0.539. The van der Waals surface area contributed by atoms with Crippen LogP contribution in [0.3, 0.4) is 0 Å². The highest BCUT2D eigenvalue weighted by atomic mass is 32.1. The Bertz CT molecular complexity index is 633. The van der Waals surface area contributed by atoms with E-state index in [0.29, 0.717) is 0 Å². The van der Waals surface area contributed by atoms with E-state index >= 15 is 0 Å². The molecule has 1 atom stereocenters. The van der Waals surface area contributed by atoms with Crippen LogP contribution in [0.1, 0.15) is 16.5 Å². The molecular formula is C13H13N3OS. The molecule has 0 aliphatic heterocycles. The van der Waals surface area contributed by atoms with Crippen molar-refractivity contribution in [2.75, 3.05) is 0 Å². The highest BCUT2D eigenvalue weighted by Crippen LogP contribution is 2.28. The van der Waals surface area contributed by atoms with Crippen LogP contribution in [0, 0.1) is 0 Å². The zero-order valence-corrected chi connectivity index (χ0v) is 10.5. The minimum atomic E-state index is 0.0362. The quantitative estimate of drug-likeness (QED) is 0.558. The number of hydrogen-bond donors (Lipinski definition) is 2. The van der Waals surface area contributed by atoms with Gasteiger partial charge in [0.05, 0.1) is 17.8 Å². The Morgan fingerprint density at radius 1 is 1.39 bits per heavy atom. The molecule has 0 aliphatic carbocycles. The van der Waals surface area contributed by atoms with Crippen LogP contribution in [0.5, 0.6) is 0 Å². The van der Waals surface area contributed by atoms with Crippen molar-refractivity contribution in [1.82, 2.24) is 10.4 Å². The monoisotopic (exact) mass is 259 g/mol. The molecule has 1 aromatic carbocycles. The number of benzene rings is 1. The molecule has 0 bridgehead atoms. The maximum atomic E-state index is 5.66. The number of nitrogens with two attached hydrogens (primary N) is 1. The van der Waals surface area contributed by atoms with Crippen molar-refractivity contribution in [3.05, 3.63) is 52.7 Å². The molecule has 2 aromatic heterocycles. The van der Waals surface area contributed by atoms with Gasteiger partial charge in [0.25, 0.3) is 0 Å². The summed E-state index contributed by atoms with van der Waals surface area (Å²) >= 11 is 1.63. The van der Waals surface area contributed by atoms with Crippen LogP contribution in [0.15, 0.2) is 46.7 Å². The van der Waals surface area contributed by atoms with E-state index in [1.807, 2.05) is 36.0 Å². The molecule has 4 nitrogen and oxygen atoms in total. The number of para-hydroxylation sites is 1. The predicted octanol–water partition coefficient (Wildman–Crippen LogP) is 2.64. The normalized spacial score (nSPS) is 12.9. The largest absolute Gasteiger partial charge is 0.464 e. The van der Waals surface area contributed by atoms with Gasteiger partial charge in [0, 0.05) is 28.4 Å². The van der Waals surface area contributed by atoms with Gasteiger partial charge in [0.1, 0.15) is 5.58 Å². The number of furan rings is 1. The Balaban J connectivity index is 1.96. The topological polar surface area (TPSA) is 64.1 Å². The minimum Gasteiger partial charge on any atom is -0.464 e. The maximum Gasteiger partial charge on any atom is 0.134 e. The summed E-state index contributed by atoms with van der Waals surface area (Å²) in [6, 6.07) is 8.00. The first-order chi connectivity index (χ1) is 8.88. The number of nitrogens with one attached hydrogen (secondary N) is 1. The molecule has 1 unspecified atom stereocenters. The van der Waals surface area contributed by atoms with E-state index in [1.54, 1.807) is 17.6 Å². The van der Waals surface area contributed by atoms with Crippen LogP contribution in [-0.2, 0) is 6.42 Å². The average Bonchev–Trinajstić information content (AvgIpc) is 3.05. The van der Waals surface area contributed by atoms with E-state index in [0.717, 1.165) is 23.0 Å². The van der Waals surface area contributed by atoms with E-state index in [9.17, 15) is 0 Å². The molecule has 0 aliphatic rings. The van der Waals surface area contributed by atoms with Gasteiger partial charge >= 0.3 is 0 Å². The summed E-state index contributed by atoms with van der Waals surface area (Å²) < 4.78 is 5.54. The maximum absolute atomic E-state index is 5.66. The van der Waals surface area contributed by atoms with Crippen LogP contribution >= 0.6 is 11.3 Å². The second-order valence-electron chi connectivity index (χ2n) is 4.08. The standard InChI is InChI=1S/C13H13N3OS/c14-16-12(5-9-6-15-8-18-9)11-7-17-13-4-2-1-3-10(11)13/h1-4,6-8,12,16H,5,14H2. The number of thiazole rings is 1. The summed E-state index contributed by atoms with van der Waals surface area (Å²) in [6.45, 7) is 0. The lowest BCUT2D eigenvalue weighted by Crippen LogP contribution is -2.29. The number of hydrazine groups is 1. The first-order valence-corrected chi connectivity index (χ1v) is 6.56. The van der Waals surface area contributed by atoms with Gasteiger partial charge in [-0.05, 0) is 6.07 Å². The summed E-state index contributed by atoms with van der Waals surface area (Å²) in [4.78, 5) is 5.28. The Morgan fingerprint density at radius 3 is 3.06 bits per heavy atom. The van der Waals surface area contributed by atoms with Crippen LogP contribution in [0.4, 0.5) is 0 Å². The fourth-order valence-electron chi connectivity index (χ4n) is 2.07. The second-order valence-corrected chi connectivity index (χ2v) is 5.05. The Labute approximate surface area is 108 Å². The van der Waals surface area contributed by atoms with Crippen molar-refractivity contribution >= 4 is 22.3 Å².